The third kappa shape index (κ3) is 5.55. The fourth-order valence-corrected chi connectivity index (χ4v) is 3.45. The van der Waals surface area contributed by atoms with Crippen molar-refractivity contribution in [2.45, 2.75) is 13.3 Å². The summed E-state index contributed by atoms with van der Waals surface area (Å²) in [6.07, 6.45) is 1.00. The van der Waals surface area contributed by atoms with Gasteiger partial charge in [0.25, 0.3) is 0 Å². The number of para-hydroxylation sites is 2. The number of ether oxygens (including phenoxy) is 1. The van der Waals surface area contributed by atoms with Gasteiger partial charge in [-0.25, -0.2) is 8.42 Å². The lowest BCUT2D eigenvalue weighted by molar-refractivity contribution is -0.116. The molecule has 7 nitrogen and oxygen atoms in total. The molecule has 27 heavy (non-hydrogen) atoms. The number of hydrogen-bond donors (Lipinski definition) is 1. The molecule has 0 heterocycles. The number of hydrogen-bond acceptors (Lipinski definition) is 5. The van der Waals surface area contributed by atoms with Gasteiger partial charge >= 0.3 is 0 Å². The largest absolute Gasteiger partial charge is 0.495 e. The van der Waals surface area contributed by atoms with Gasteiger partial charge in [0.05, 0.1) is 24.7 Å². The number of carbonyl (C=O) groups is 2. The van der Waals surface area contributed by atoms with Crippen LogP contribution in [-0.2, 0) is 14.8 Å². The van der Waals surface area contributed by atoms with Crippen molar-refractivity contribution >= 4 is 33.1 Å². The molecular weight excluding hydrogens is 368 g/mol. The van der Waals surface area contributed by atoms with E-state index in [2.05, 4.69) is 5.32 Å². The molecule has 0 unspecified atom stereocenters. The number of anilines is 2. The number of nitrogens with zero attached hydrogens (tertiary/aromatic N) is 1. The van der Waals surface area contributed by atoms with Crippen molar-refractivity contribution in [2.75, 3.05) is 29.5 Å². The average molecular weight is 390 g/mol. The van der Waals surface area contributed by atoms with Crippen molar-refractivity contribution in [1.29, 1.82) is 0 Å². The molecule has 2 aromatic carbocycles. The summed E-state index contributed by atoms with van der Waals surface area (Å²) < 4.78 is 30.6. The van der Waals surface area contributed by atoms with Gasteiger partial charge in [0, 0.05) is 18.5 Å². The lowest BCUT2D eigenvalue weighted by Crippen LogP contribution is -2.33. The first-order chi connectivity index (χ1) is 12.7. The van der Waals surface area contributed by atoms with Crippen molar-refractivity contribution < 1.29 is 22.7 Å². The van der Waals surface area contributed by atoms with Crippen molar-refractivity contribution in [3.05, 3.63) is 54.1 Å². The van der Waals surface area contributed by atoms with E-state index in [1.54, 1.807) is 42.5 Å². The number of amides is 1. The third-order valence-corrected chi connectivity index (χ3v) is 5.06. The second-order valence-electron chi connectivity index (χ2n) is 5.94. The molecule has 2 aromatic rings. The smallest absolute Gasteiger partial charge is 0.232 e. The molecule has 0 aliphatic carbocycles. The van der Waals surface area contributed by atoms with E-state index in [-0.39, 0.29) is 24.7 Å². The summed E-state index contributed by atoms with van der Waals surface area (Å²) in [4.78, 5) is 23.8. The van der Waals surface area contributed by atoms with Crippen molar-refractivity contribution in [2.24, 2.45) is 0 Å². The number of Topliss-reactive ketones (excluding diaryl/α,β-unsaturated/α-hetero) is 1. The quantitative estimate of drug-likeness (QED) is 0.700. The van der Waals surface area contributed by atoms with E-state index in [1.807, 2.05) is 0 Å². The molecule has 2 rings (SSSR count). The summed E-state index contributed by atoms with van der Waals surface area (Å²) in [7, 11) is -2.13. The lowest BCUT2D eigenvalue weighted by atomic mass is 10.1. The van der Waals surface area contributed by atoms with Gasteiger partial charge in [0.1, 0.15) is 5.75 Å². The summed E-state index contributed by atoms with van der Waals surface area (Å²) in [6, 6.07) is 13.3. The fourth-order valence-electron chi connectivity index (χ4n) is 2.53. The van der Waals surface area contributed by atoms with Crippen LogP contribution < -0.4 is 14.4 Å². The molecule has 0 fully saturated rings. The van der Waals surface area contributed by atoms with Crippen LogP contribution in [0.25, 0.3) is 0 Å². The Morgan fingerprint density at radius 1 is 1.11 bits per heavy atom. The number of nitrogens with one attached hydrogen (secondary N) is 1. The number of ketones is 1. The standard InChI is InChI=1S/C19H22N2O5S/c1-14(22)15-7-6-8-16(13-15)21(27(3,24)25)12-11-19(23)20-17-9-4-5-10-18(17)26-2/h4-10,13H,11-12H2,1-3H3,(H,20,23). The Morgan fingerprint density at radius 2 is 1.81 bits per heavy atom. The number of rotatable bonds is 8. The number of sulfonamides is 1. The second kappa shape index (κ2) is 8.68. The van der Waals surface area contributed by atoms with Gasteiger partial charge in [-0.15, -0.1) is 0 Å². The molecule has 1 amide bonds. The van der Waals surface area contributed by atoms with Crippen LogP contribution in [0, 0.1) is 0 Å². The van der Waals surface area contributed by atoms with Crippen LogP contribution in [0.3, 0.4) is 0 Å². The average Bonchev–Trinajstić information content (AvgIpc) is 2.61. The van der Waals surface area contributed by atoms with E-state index in [9.17, 15) is 18.0 Å². The molecule has 1 N–H and O–H groups in total. The Labute approximate surface area is 159 Å². The molecule has 0 bridgehead atoms. The van der Waals surface area contributed by atoms with Gasteiger partial charge in [-0.1, -0.05) is 24.3 Å². The first-order valence-electron chi connectivity index (χ1n) is 8.24. The van der Waals surface area contributed by atoms with Crippen LogP contribution in [0.5, 0.6) is 5.75 Å². The maximum Gasteiger partial charge on any atom is 0.232 e. The number of carbonyl (C=O) groups excluding carboxylic acids is 2. The molecule has 0 aliphatic rings. The molecule has 0 aromatic heterocycles. The minimum atomic E-state index is -3.62. The zero-order valence-corrected chi connectivity index (χ0v) is 16.2. The van der Waals surface area contributed by atoms with Gasteiger partial charge in [-0.3, -0.25) is 13.9 Å². The van der Waals surface area contributed by atoms with Gasteiger partial charge in [-0.2, -0.15) is 0 Å². The molecule has 8 heteroatoms. The molecule has 0 aliphatic heterocycles. The lowest BCUT2D eigenvalue weighted by Gasteiger charge is -2.22. The van der Waals surface area contributed by atoms with E-state index in [4.69, 9.17) is 4.74 Å². The highest BCUT2D eigenvalue weighted by molar-refractivity contribution is 7.92. The summed E-state index contributed by atoms with van der Waals surface area (Å²) in [6.45, 7) is 1.35. The molecule has 0 radical (unpaired) electrons. The SMILES string of the molecule is COc1ccccc1NC(=O)CCN(c1cccc(C(C)=O)c1)S(C)(=O)=O. The predicted octanol–water partition coefficient (Wildman–Crippen LogP) is 2.69. The topological polar surface area (TPSA) is 92.8 Å². The summed E-state index contributed by atoms with van der Waals surface area (Å²) in [5.74, 6) is -0.00457. The van der Waals surface area contributed by atoms with Crippen molar-refractivity contribution in [1.82, 2.24) is 0 Å². The zero-order valence-electron chi connectivity index (χ0n) is 15.4. The maximum absolute atomic E-state index is 12.3. The molecular formula is C19H22N2O5S. The van der Waals surface area contributed by atoms with E-state index in [0.717, 1.165) is 10.6 Å². The minimum Gasteiger partial charge on any atom is -0.495 e. The van der Waals surface area contributed by atoms with Crippen LogP contribution in [0.1, 0.15) is 23.7 Å². The molecule has 144 valence electrons. The maximum atomic E-state index is 12.3. The zero-order chi connectivity index (χ0) is 20.0. The van der Waals surface area contributed by atoms with E-state index < -0.39 is 10.0 Å². The Hall–Kier alpha value is -2.87. The van der Waals surface area contributed by atoms with Crippen LogP contribution >= 0.6 is 0 Å². The summed E-state index contributed by atoms with van der Waals surface area (Å²) >= 11 is 0. The third-order valence-electron chi connectivity index (χ3n) is 3.86. The molecule has 0 saturated heterocycles. The Kier molecular flexibility index (Phi) is 6.57. The highest BCUT2D eigenvalue weighted by atomic mass is 32.2. The fraction of sp³-hybridized carbons (Fsp3) is 0.263. The normalized spacial score (nSPS) is 10.9. The minimum absolute atomic E-state index is 0.0544. The second-order valence-corrected chi connectivity index (χ2v) is 7.85. The van der Waals surface area contributed by atoms with E-state index >= 15 is 0 Å². The monoisotopic (exact) mass is 390 g/mol. The van der Waals surface area contributed by atoms with Crippen molar-refractivity contribution in [3.63, 3.8) is 0 Å². The molecule has 0 spiro atoms. The van der Waals surface area contributed by atoms with Crippen LogP contribution in [0.2, 0.25) is 0 Å². The van der Waals surface area contributed by atoms with Gasteiger partial charge < -0.3 is 10.1 Å². The molecule has 0 atom stereocenters. The van der Waals surface area contributed by atoms with Gasteiger partial charge in [0.2, 0.25) is 15.9 Å². The number of benzene rings is 2. The van der Waals surface area contributed by atoms with Crippen LogP contribution in [0.15, 0.2) is 48.5 Å². The van der Waals surface area contributed by atoms with Crippen molar-refractivity contribution in [3.8, 4) is 5.75 Å². The summed E-state index contributed by atoms with van der Waals surface area (Å²) in [5.41, 5.74) is 1.25. The molecule has 0 saturated carbocycles. The van der Waals surface area contributed by atoms with E-state index in [1.165, 1.54) is 20.1 Å². The highest BCUT2D eigenvalue weighted by Crippen LogP contribution is 2.24. The Morgan fingerprint density at radius 3 is 2.44 bits per heavy atom. The Bertz CT molecular complexity index is 941. The Balaban J connectivity index is 2.15. The highest BCUT2D eigenvalue weighted by Gasteiger charge is 2.19. The van der Waals surface area contributed by atoms with E-state index in [0.29, 0.717) is 22.7 Å². The first kappa shape index (κ1) is 20.4. The summed E-state index contributed by atoms with van der Waals surface area (Å²) in [5, 5.41) is 2.71. The number of methoxy groups -OCH3 is 1. The van der Waals surface area contributed by atoms with Crippen LogP contribution in [0.4, 0.5) is 11.4 Å². The van der Waals surface area contributed by atoms with Crippen LogP contribution in [-0.4, -0.2) is 40.0 Å². The predicted molar refractivity (Wildman–Crippen MR) is 105 cm³/mol. The first-order valence-corrected chi connectivity index (χ1v) is 10.1. The van der Waals surface area contributed by atoms with Gasteiger partial charge in [-0.05, 0) is 31.2 Å². The van der Waals surface area contributed by atoms with Gasteiger partial charge in [0.15, 0.2) is 5.78 Å².